The molecule has 13 heavy (non-hydrogen) atoms. The molecule has 0 N–H and O–H groups in total. The first-order valence-corrected chi connectivity index (χ1v) is 4.38. The molecule has 0 unspecified atom stereocenters. The molecule has 0 aliphatic carbocycles. The number of carbonyl (C=O) groups excluding carboxylic acids is 1. The summed E-state index contributed by atoms with van der Waals surface area (Å²) in [6, 6.07) is 0. The summed E-state index contributed by atoms with van der Waals surface area (Å²) in [4.78, 5) is 11.2. The third-order valence-electron chi connectivity index (χ3n) is 1.83. The molecule has 1 aliphatic rings. The Morgan fingerprint density at radius 2 is 2.23 bits per heavy atom. The van der Waals surface area contributed by atoms with Crippen molar-refractivity contribution in [2.24, 2.45) is 0 Å². The van der Waals surface area contributed by atoms with Crippen molar-refractivity contribution in [2.45, 2.75) is 25.6 Å². The highest BCUT2D eigenvalue weighted by Crippen LogP contribution is 2.16. The Balaban J connectivity index is 2.45. The molecule has 0 spiro atoms. The monoisotopic (exact) mass is 178 g/mol. The number of carbonyl (C=O) groups is 1. The second-order valence-electron chi connectivity index (χ2n) is 3.04. The Bertz CT molecular complexity index is 251. The van der Waals surface area contributed by atoms with Crippen LogP contribution in [0.2, 0.25) is 0 Å². The number of allylic oxidation sites excluding steroid dienone is 4. The van der Waals surface area contributed by atoms with Crippen molar-refractivity contribution in [2.75, 3.05) is 0 Å². The minimum atomic E-state index is -0.343. The van der Waals surface area contributed by atoms with Crippen LogP contribution in [0.1, 0.15) is 13.3 Å². The quantitative estimate of drug-likeness (QED) is 0.618. The lowest BCUT2D eigenvalue weighted by Gasteiger charge is -2.02. The molecule has 0 aromatic carbocycles. The Morgan fingerprint density at radius 3 is 2.77 bits per heavy atom. The fraction of sp³-hybridized carbons (Fsp3) is 0.364. The van der Waals surface area contributed by atoms with Crippen LogP contribution in [0.15, 0.2) is 37.0 Å². The Kier molecular flexibility index (Phi) is 3.65. The number of Topliss-reactive ketones (excluding diaryl/α,β-unsaturated/α-hetero) is 1. The normalized spacial score (nSPS) is 29.2. The maximum Gasteiger partial charge on any atom is 0.168 e. The number of ether oxygens (including phenoxy) is 1. The van der Waals surface area contributed by atoms with Crippen molar-refractivity contribution in [3.05, 3.63) is 37.0 Å². The zero-order chi connectivity index (χ0) is 9.68. The fourth-order valence-electron chi connectivity index (χ4n) is 1.23. The molecule has 1 fully saturated rings. The molecular weight excluding hydrogens is 164 g/mol. The number of rotatable bonds is 3. The summed E-state index contributed by atoms with van der Waals surface area (Å²) in [7, 11) is 0. The van der Waals surface area contributed by atoms with Crippen molar-refractivity contribution in [3.8, 4) is 0 Å². The summed E-state index contributed by atoms with van der Waals surface area (Å²) in [6.07, 6.45) is 9.14. The summed E-state index contributed by atoms with van der Waals surface area (Å²) >= 11 is 0. The van der Waals surface area contributed by atoms with Gasteiger partial charge < -0.3 is 4.74 Å². The third-order valence-corrected chi connectivity index (χ3v) is 1.83. The molecule has 0 radical (unpaired) electrons. The van der Waals surface area contributed by atoms with Gasteiger partial charge in [-0.15, -0.1) is 0 Å². The predicted molar refractivity (Wildman–Crippen MR) is 52.4 cm³/mol. The largest absolute Gasteiger partial charge is 0.363 e. The van der Waals surface area contributed by atoms with E-state index in [1.54, 1.807) is 18.2 Å². The maximum absolute atomic E-state index is 11.2. The van der Waals surface area contributed by atoms with Crippen LogP contribution in [-0.4, -0.2) is 18.0 Å². The lowest BCUT2D eigenvalue weighted by molar-refractivity contribution is -0.120. The Hall–Kier alpha value is -1.15. The topological polar surface area (TPSA) is 26.3 Å². The maximum atomic E-state index is 11.2. The summed E-state index contributed by atoms with van der Waals surface area (Å²) in [5.74, 6) is 0.163. The van der Waals surface area contributed by atoms with Crippen molar-refractivity contribution in [1.82, 2.24) is 0 Å². The van der Waals surface area contributed by atoms with Gasteiger partial charge in [0.05, 0.1) is 6.10 Å². The summed E-state index contributed by atoms with van der Waals surface area (Å²) in [6.45, 7) is 5.45. The molecule has 1 aliphatic heterocycles. The molecule has 1 saturated heterocycles. The predicted octanol–water partition coefficient (Wildman–Crippen LogP) is 2.03. The highest BCUT2D eigenvalue weighted by Gasteiger charge is 2.27. The molecule has 70 valence electrons. The second-order valence-corrected chi connectivity index (χ2v) is 3.04. The Labute approximate surface area is 78.6 Å². The van der Waals surface area contributed by atoms with E-state index >= 15 is 0 Å². The van der Waals surface area contributed by atoms with Crippen molar-refractivity contribution < 1.29 is 9.53 Å². The van der Waals surface area contributed by atoms with Gasteiger partial charge in [0.1, 0.15) is 6.10 Å². The van der Waals surface area contributed by atoms with E-state index in [4.69, 9.17) is 4.74 Å². The van der Waals surface area contributed by atoms with E-state index in [0.29, 0.717) is 6.42 Å². The highest BCUT2D eigenvalue weighted by atomic mass is 16.5. The van der Waals surface area contributed by atoms with E-state index in [2.05, 4.69) is 6.58 Å². The average molecular weight is 178 g/mol. The molecule has 1 rings (SSSR count). The average Bonchev–Trinajstić information content (AvgIpc) is 2.39. The van der Waals surface area contributed by atoms with Gasteiger partial charge in [-0.05, 0) is 13.0 Å². The SMILES string of the molecule is C=C/C=C/C=C/[C@H]1O[C@H](C)CC1=O. The van der Waals surface area contributed by atoms with Crippen LogP contribution >= 0.6 is 0 Å². The summed E-state index contributed by atoms with van der Waals surface area (Å²) in [5, 5.41) is 0. The molecule has 0 aromatic rings. The fourth-order valence-corrected chi connectivity index (χ4v) is 1.23. The molecule has 2 atom stereocenters. The number of hydrogen-bond donors (Lipinski definition) is 0. The van der Waals surface area contributed by atoms with Crippen molar-refractivity contribution in [1.29, 1.82) is 0 Å². The zero-order valence-corrected chi connectivity index (χ0v) is 7.77. The van der Waals surface area contributed by atoms with Crippen molar-refractivity contribution >= 4 is 5.78 Å². The van der Waals surface area contributed by atoms with Crippen LogP contribution in [-0.2, 0) is 9.53 Å². The lowest BCUT2D eigenvalue weighted by Crippen LogP contribution is -2.11. The molecule has 0 amide bonds. The van der Waals surface area contributed by atoms with E-state index in [1.165, 1.54) is 0 Å². The molecule has 1 heterocycles. The standard InChI is InChI=1S/C11H14O2/c1-3-4-5-6-7-11-10(12)8-9(2)13-11/h3-7,9,11H,1,8H2,2H3/b5-4+,7-6+/t9-,11-/m1/s1. The third kappa shape index (κ3) is 2.99. The Morgan fingerprint density at radius 1 is 1.46 bits per heavy atom. The van der Waals surface area contributed by atoms with Gasteiger partial charge in [0.2, 0.25) is 0 Å². The molecular formula is C11H14O2. The van der Waals surface area contributed by atoms with E-state index in [9.17, 15) is 4.79 Å². The number of hydrogen-bond acceptors (Lipinski definition) is 2. The van der Waals surface area contributed by atoms with Crippen LogP contribution in [0.25, 0.3) is 0 Å². The first-order chi connectivity index (χ1) is 6.24. The van der Waals surface area contributed by atoms with Gasteiger partial charge in [0.25, 0.3) is 0 Å². The van der Waals surface area contributed by atoms with Gasteiger partial charge in [0.15, 0.2) is 5.78 Å². The highest BCUT2D eigenvalue weighted by molar-refractivity contribution is 5.87. The van der Waals surface area contributed by atoms with Crippen LogP contribution in [0.3, 0.4) is 0 Å². The smallest absolute Gasteiger partial charge is 0.168 e. The summed E-state index contributed by atoms with van der Waals surface area (Å²) < 4.78 is 5.36. The van der Waals surface area contributed by atoms with Gasteiger partial charge >= 0.3 is 0 Å². The first-order valence-electron chi connectivity index (χ1n) is 4.38. The lowest BCUT2D eigenvalue weighted by atomic mass is 10.2. The zero-order valence-electron chi connectivity index (χ0n) is 7.77. The van der Waals surface area contributed by atoms with E-state index in [-0.39, 0.29) is 18.0 Å². The molecule has 0 bridgehead atoms. The van der Waals surface area contributed by atoms with E-state index in [0.717, 1.165) is 0 Å². The van der Waals surface area contributed by atoms with Crippen LogP contribution in [0.4, 0.5) is 0 Å². The molecule has 0 saturated carbocycles. The van der Waals surface area contributed by atoms with E-state index < -0.39 is 0 Å². The van der Waals surface area contributed by atoms with Crippen molar-refractivity contribution in [3.63, 3.8) is 0 Å². The van der Waals surface area contributed by atoms with Crippen LogP contribution in [0.5, 0.6) is 0 Å². The first kappa shape index (κ1) is 9.93. The van der Waals surface area contributed by atoms with Gasteiger partial charge in [0, 0.05) is 6.42 Å². The van der Waals surface area contributed by atoms with Gasteiger partial charge in [-0.1, -0.05) is 30.9 Å². The van der Waals surface area contributed by atoms with Crippen LogP contribution in [0, 0.1) is 0 Å². The minimum Gasteiger partial charge on any atom is -0.363 e. The molecule has 0 aromatic heterocycles. The minimum absolute atomic E-state index is 0.0607. The molecule has 2 heteroatoms. The van der Waals surface area contributed by atoms with E-state index in [1.807, 2.05) is 19.1 Å². The summed E-state index contributed by atoms with van der Waals surface area (Å²) in [5.41, 5.74) is 0. The second kappa shape index (κ2) is 4.77. The number of ketones is 1. The van der Waals surface area contributed by atoms with Crippen LogP contribution < -0.4 is 0 Å². The van der Waals surface area contributed by atoms with Gasteiger partial charge in [-0.3, -0.25) is 4.79 Å². The van der Waals surface area contributed by atoms with Gasteiger partial charge in [-0.2, -0.15) is 0 Å². The van der Waals surface area contributed by atoms with Gasteiger partial charge in [-0.25, -0.2) is 0 Å². The molecule has 2 nitrogen and oxygen atoms in total.